The van der Waals surface area contributed by atoms with E-state index in [2.05, 4.69) is 22.0 Å². The fourth-order valence-electron chi connectivity index (χ4n) is 3.84. The van der Waals surface area contributed by atoms with Crippen molar-refractivity contribution in [1.82, 2.24) is 5.32 Å². The lowest BCUT2D eigenvalue weighted by atomic mass is 9.85. The van der Waals surface area contributed by atoms with Gasteiger partial charge in [-0.2, -0.15) is 5.26 Å². The normalized spacial score (nSPS) is 15.2. The quantitative estimate of drug-likeness (QED) is 0.398. The second-order valence-electron chi connectivity index (χ2n) is 8.08. The minimum Gasteiger partial charge on any atom is -0.468 e. The van der Waals surface area contributed by atoms with Crippen molar-refractivity contribution in [3.05, 3.63) is 106 Å². The van der Waals surface area contributed by atoms with Crippen molar-refractivity contribution < 1.29 is 18.4 Å². The van der Waals surface area contributed by atoms with Crippen LogP contribution >= 0.6 is 11.8 Å². The SMILES string of the molecule is CC1=C(C(=O)Nc2ccc(F)cc2)[C@@H](c2ccco2)C(C#N)=C(SCC(=O)Nc2ccccc2C)N1. The van der Waals surface area contributed by atoms with E-state index in [1.54, 1.807) is 19.1 Å². The summed E-state index contributed by atoms with van der Waals surface area (Å²) in [5.74, 6) is -1.41. The van der Waals surface area contributed by atoms with Crippen molar-refractivity contribution in [2.75, 3.05) is 16.4 Å². The number of aryl methyl sites for hydroxylation is 1. The molecular weight excluding hydrogens is 479 g/mol. The largest absolute Gasteiger partial charge is 0.468 e. The molecular formula is C27H23FN4O3S. The fourth-order valence-corrected chi connectivity index (χ4v) is 4.73. The average Bonchev–Trinajstić information content (AvgIpc) is 3.39. The Hall–Kier alpha value is -4.29. The number of rotatable bonds is 7. The van der Waals surface area contributed by atoms with E-state index in [9.17, 15) is 19.2 Å². The van der Waals surface area contributed by atoms with Gasteiger partial charge in [-0.15, -0.1) is 0 Å². The number of nitrogens with one attached hydrogen (secondary N) is 3. The number of thioether (sulfide) groups is 1. The molecule has 1 atom stereocenters. The molecule has 1 aliphatic rings. The summed E-state index contributed by atoms with van der Waals surface area (Å²) < 4.78 is 18.9. The number of anilines is 2. The van der Waals surface area contributed by atoms with Crippen LogP contribution in [0.5, 0.6) is 0 Å². The Bertz CT molecular complexity index is 1390. The van der Waals surface area contributed by atoms with Gasteiger partial charge in [0.1, 0.15) is 11.6 Å². The van der Waals surface area contributed by atoms with Crippen LogP contribution in [0, 0.1) is 24.1 Å². The minimum absolute atomic E-state index is 0.0527. The van der Waals surface area contributed by atoms with Crippen molar-refractivity contribution in [1.29, 1.82) is 5.26 Å². The molecule has 3 N–H and O–H groups in total. The number of benzene rings is 2. The van der Waals surface area contributed by atoms with Crippen molar-refractivity contribution >= 4 is 35.0 Å². The van der Waals surface area contributed by atoms with Gasteiger partial charge in [-0.3, -0.25) is 9.59 Å². The molecule has 1 aliphatic heterocycles. The van der Waals surface area contributed by atoms with Gasteiger partial charge >= 0.3 is 0 Å². The van der Waals surface area contributed by atoms with Crippen LogP contribution in [0.25, 0.3) is 0 Å². The van der Waals surface area contributed by atoms with Gasteiger partial charge in [-0.25, -0.2) is 4.39 Å². The van der Waals surface area contributed by atoms with E-state index < -0.39 is 17.6 Å². The number of dihydropyridines is 1. The highest BCUT2D eigenvalue weighted by atomic mass is 32.2. The number of allylic oxidation sites excluding steroid dienone is 2. The standard InChI is InChI=1S/C27H23FN4O3S/c1-16-6-3-4-7-21(16)32-23(33)15-36-27-20(14-29)25(22-8-5-13-35-22)24(17(2)30-27)26(34)31-19-11-9-18(28)10-12-19/h3-13,25,30H,15H2,1-2H3,(H,31,34)(H,32,33)/t25-/m1/s1. The van der Waals surface area contributed by atoms with Crippen molar-refractivity contribution in [2.45, 2.75) is 19.8 Å². The first-order chi connectivity index (χ1) is 17.4. The van der Waals surface area contributed by atoms with E-state index in [0.717, 1.165) is 11.3 Å². The summed E-state index contributed by atoms with van der Waals surface area (Å²) in [7, 11) is 0. The third-order valence-corrected chi connectivity index (χ3v) is 6.61. The molecule has 2 aromatic carbocycles. The molecule has 2 amide bonds. The van der Waals surface area contributed by atoms with E-state index in [1.807, 2.05) is 31.2 Å². The van der Waals surface area contributed by atoms with Crippen LogP contribution in [0.3, 0.4) is 0 Å². The van der Waals surface area contributed by atoms with Crippen molar-refractivity contribution in [2.24, 2.45) is 0 Å². The van der Waals surface area contributed by atoms with Gasteiger partial charge in [0.25, 0.3) is 5.91 Å². The summed E-state index contributed by atoms with van der Waals surface area (Å²) in [6.45, 7) is 3.63. The van der Waals surface area contributed by atoms with Crippen LogP contribution in [0.4, 0.5) is 15.8 Å². The third-order valence-electron chi connectivity index (χ3n) is 5.59. The van der Waals surface area contributed by atoms with Gasteiger partial charge in [-0.1, -0.05) is 30.0 Å². The zero-order valence-electron chi connectivity index (χ0n) is 19.6. The summed E-state index contributed by atoms with van der Waals surface area (Å²) in [4.78, 5) is 25.9. The predicted octanol–water partition coefficient (Wildman–Crippen LogP) is 5.43. The Morgan fingerprint density at radius 2 is 1.83 bits per heavy atom. The molecule has 0 saturated heterocycles. The lowest BCUT2D eigenvalue weighted by Gasteiger charge is -2.28. The first kappa shape index (κ1) is 24.8. The third kappa shape index (κ3) is 5.50. The van der Waals surface area contributed by atoms with Gasteiger partial charge in [0.15, 0.2) is 0 Å². The maximum Gasteiger partial charge on any atom is 0.254 e. The van der Waals surface area contributed by atoms with Crippen molar-refractivity contribution in [3.63, 3.8) is 0 Å². The molecule has 0 aliphatic carbocycles. The van der Waals surface area contributed by atoms with E-state index in [-0.39, 0.29) is 17.2 Å². The monoisotopic (exact) mass is 502 g/mol. The van der Waals surface area contributed by atoms with Gasteiger partial charge < -0.3 is 20.4 Å². The number of amides is 2. The van der Waals surface area contributed by atoms with Gasteiger partial charge in [0.2, 0.25) is 5.91 Å². The summed E-state index contributed by atoms with van der Waals surface area (Å²) in [6, 6.07) is 18.4. The first-order valence-electron chi connectivity index (χ1n) is 11.1. The highest BCUT2D eigenvalue weighted by Gasteiger charge is 2.36. The number of halogens is 1. The predicted molar refractivity (Wildman–Crippen MR) is 137 cm³/mol. The molecule has 0 fully saturated rings. The lowest BCUT2D eigenvalue weighted by molar-refractivity contribution is -0.114. The van der Waals surface area contributed by atoms with E-state index in [4.69, 9.17) is 4.42 Å². The molecule has 0 spiro atoms. The molecule has 0 saturated carbocycles. The Balaban J connectivity index is 1.58. The molecule has 7 nitrogen and oxygen atoms in total. The van der Waals surface area contributed by atoms with Crippen LogP contribution in [-0.4, -0.2) is 17.6 Å². The minimum atomic E-state index is -0.784. The summed E-state index contributed by atoms with van der Waals surface area (Å²) in [5.41, 5.74) is 3.14. The summed E-state index contributed by atoms with van der Waals surface area (Å²) in [5, 5.41) is 19.3. The molecule has 2 heterocycles. The van der Waals surface area contributed by atoms with Gasteiger partial charge in [0.05, 0.1) is 40.2 Å². The summed E-state index contributed by atoms with van der Waals surface area (Å²) >= 11 is 1.17. The Kier molecular flexibility index (Phi) is 7.56. The zero-order chi connectivity index (χ0) is 25.7. The molecule has 0 radical (unpaired) electrons. The highest BCUT2D eigenvalue weighted by molar-refractivity contribution is 8.03. The van der Waals surface area contributed by atoms with Crippen LogP contribution in [0.2, 0.25) is 0 Å². The molecule has 182 valence electrons. The topological polar surface area (TPSA) is 107 Å². The number of hydrogen-bond acceptors (Lipinski definition) is 6. The molecule has 4 rings (SSSR count). The van der Waals surface area contributed by atoms with E-state index >= 15 is 0 Å². The Morgan fingerprint density at radius 3 is 2.50 bits per heavy atom. The molecule has 3 aromatic rings. The number of hydrogen-bond donors (Lipinski definition) is 3. The smallest absolute Gasteiger partial charge is 0.254 e. The van der Waals surface area contributed by atoms with Crippen LogP contribution in [0.1, 0.15) is 24.2 Å². The number of nitriles is 1. The number of furan rings is 1. The molecule has 0 unspecified atom stereocenters. The fraction of sp³-hybridized carbons (Fsp3) is 0.148. The summed E-state index contributed by atoms with van der Waals surface area (Å²) in [6.07, 6.45) is 1.47. The number of carbonyl (C=O) groups is 2. The Morgan fingerprint density at radius 1 is 1.08 bits per heavy atom. The highest BCUT2D eigenvalue weighted by Crippen LogP contribution is 2.41. The first-order valence-corrected chi connectivity index (χ1v) is 12.1. The number of nitrogens with zero attached hydrogens (tertiary/aromatic N) is 1. The van der Waals surface area contributed by atoms with Crippen LogP contribution in [0.15, 0.2) is 93.2 Å². The second kappa shape index (κ2) is 11.0. The molecule has 9 heteroatoms. The van der Waals surface area contributed by atoms with Gasteiger partial charge in [-0.05, 0) is 61.9 Å². The van der Waals surface area contributed by atoms with E-state index in [0.29, 0.717) is 27.7 Å². The maximum absolute atomic E-state index is 13.3. The molecule has 36 heavy (non-hydrogen) atoms. The van der Waals surface area contributed by atoms with Crippen molar-refractivity contribution in [3.8, 4) is 6.07 Å². The number of para-hydroxylation sites is 1. The molecule has 1 aromatic heterocycles. The van der Waals surface area contributed by atoms with Gasteiger partial charge in [0, 0.05) is 17.1 Å². The van der Waals surface area contributed by atoms with Crippen LogP contribution < -0.4 is 16.0 Å². The van der Waals surface area contributed by atoms with Crippen LogP contribution in [-0.2, 0) is 9.59 Å². The maximum atomic E-state index is 13.3. The Labute approximate surface area is 212 Å². The number of carbonyl (C=O) groups excluding carboxylic acids is 2. The lowest BCUT2D eigenvalue weighted by Crippen LogP contribution is -2.31. The molecule has 0 bridgehead atoms. The van der Waals surface area contributed by atoms with E-state index in [1.165, 1.54) is 42.3 Å². The average molecular weight is 503 g/mol. The second-order valence-corrected chi connectivity index (χ2v) is 9.07. The zero-order valence-corrected chi connectivity index (χ0v) is 20.4.